The molecule has 2 rings (SSSR count). The Balaban J connectivity index is 1.92. The van der Waals surface area contributed by atoms with Gasteiger partial charge in [0.25, 0.3) is 0 Å². The lowest BCUT2D eigenvalue weighted by Gasteiger charge is -2.33. The van der Waals surface area contributed by atoms with Gasteiger partial charge >= 0.3 is 0 Å². The van der Waals surface area contributed by atoms with Gasteiger partial charge in [0.15, 0.2) is 0 Å². The quantitative estimate of drug-likeness (QED) is 0.896. The number of hydrogen-bond acceptors (Lipinski definition) is 2. The van der Waals surface area contributed by atoms with Crippen LogP contribution in [0.15, 0.2) is 24.3 Å². The largest absolute Gasteiger partial charge is 0.353 e. The molecule has 0 radical (unpaired) electrons. The van der Waals surface area contributed by atoms with Crippen molar-refractivity contribution in [1.29, 1.82) is 0 Å². The molecule has 1 heterocycles. The molecular formula is C16H23ClN2O. The summed E-state index contributed by atoms with van der Waals surface area (Å²) in [6, 6.07) is 7.87. The molecule has 1 aliphatic heterocycles. The first-order valence-electron chi connectivity index (χ1n) is 7.26. The molecule has 0 aliphatic carbocycles. The van der Waals surface area contributed by atoms with E-state index < -0.39 is 0 Å². The number of nitrogens with one attached hydrogen (secondary N) is 2. The van der Waals surface area contributed by atoms with Gasteiger partial charge in [0, 0.05) is 17.6 Å². The van der Waals surface area contributed by atoms with Crippen LogP contribution in [0.3, 0.4) is 0 Å². The van der Waals surface area contributed by atoms with Gasteiger partial charge < -0.3 is 10.6 Å². The number of halogens is 1. The van der Waals surface area contributed by atoms with E-state index in [4.69, 9.17) is 11.6 Å². The Labute approximate surface area is 126 Å². The average Bonchev–Trinajstić information content (AvgIpc) is 2.42. The smallest absolute Gasteiger partial charge is 0.227 e. The molecule has 20 heavy (non-hydrogen) atoms. The first kappa shape index (κ1) is 15.3. The van der Waals surface area contributed by atoms with Crippen molar-refractivity contribution in [2.24, 2.45) is 5.41 Å². The second-order valence-corrected chi connectivity index (χ2v) is 6.42. The number of carbonyl (C=O) groups is 1. The zero-order chi connectivity index (χ0) is 14.6. The molecule has 0 spiro atoms. The maximum atomic E-state index is 12.4. The highest BCUT2D eigenvalue weighted by Crippen LogP contribution is 2.26. The van der Waals surface area contributed by atoms with Gasteiger partial charge in [-0.1, -0.05) is 29.8 Å². The normalized spacial score (nSPS) is 24.1. The molecule has 0 saturated carbocycles. The highest BCUT2D eigenvalue weighted by molar-refractivity contribution is 6.31. The van der Waals surface area contributed by atoms with Crippen LogP contribution in [0.2, 0.25) is 5.02 Å². The molecule has 2 atom stereocenters. The molecular weight excluding hydrogens is 272 g/mol. The monoisotopic (exact) mass is 294 g/mol. The van der Waals surface area contributed by atoms with Crippen molar-refractivity contribution in [3.63, 3.8) is 0 Å². The highest BCUT2D eigenvalue weighted by Gasteiger charge is 2.35. The molecule has 1 aliphatic rings. The maximum Gasteiger partial charge on any atom is 0.227 e. The minimum Gasteiger partial charge on any atom is -0.353 e. The van der Waals surface area contributed by atoms with Crippen molar-refractivity contribution in [2.75, 3.05) is 13.1 Å². The van der Waals surface area contributed by atoms with Crippen molar-refractivity contribution in [2.45, 2.75) is 39.2 Å². The van der Waals surface area contributed by atoms with E-state index in [0.29, 0.717) is 0 Å². The van der Waals surface area contributed by atoms with Crippen molar-refractivity contribution in [3.05, 3.63) is 34.9 Å². The average molecular weight is 295 g/mol. The summed E-state index contributed by atoms with van der Waals surface area (Å²) in [5.74, 6) is 0.143. The zero-order valence-corrected chi connectivity index (χ0v) is 13.0. The molecule has 4 heteroatoms. The molecule has 2 unspecified atom stereocenters. The van der Waals surface area contributed by atoms with Gasteiger partial charge in [-0.2, -0.15) is 0 Å². The number of amides is 1. The van der Waals surface area contributed by atoms with E-state index in [1.165, 1.54) is 0 Å². The van der Waals surface area contributed by atoms with Gasteiger partial charge in [-0.3, -0.25) is 4.79 Å². The standard InChI is InChI=1S/C16H23ClN2O/c1-12(10-13-6-3-4-7-14(13)17)19-15(20)16(2)8-5-9-18-11-16/h3-4,6-7,12,18H,5,8-11H2,1-2H3,(H,19,20). The van der Waals surface area contributed by atoms with Crippen LogP contribution < -0.4 is 10.6 Å². The fourth-order valence-corrected chi connectivity index (χ4v) is 2.91. The molecule has 110 valence electrons. The molecule has 2 N–H and O–H groups in total. The van der Waals surface area contributed by atoms with Gasteiger partial charge in [-0.05, 0) is 51.3 Å². The number of piperidine rings is 1. The molecule has 1 fully saturated rings. The summed E-state index contributed by atoms with van der Waals surface area (Å²) in [5.41, 5.74) is 0.793. The van der Waals surface area contributed by atoms with Crippen molar-refractivity contribution in [1.82, 2.24) is 10.6 Å². The van der Waals surface area contributed by atoms with E-state index >= 15 is 0 Å². The van der Waals surface area contributed by atoms with Crippen LogP contribution in [0.25, 0.3) is 0 Å². The summed E-state index contributed by atoms with van der Waals surface area (Å²) in [6.45, 7) is 5.84. The molecule has 1 amide bonds. The predicted octanol–water partition coefficient (Wildman–Crippen LogP) is 2.78. The highest BCUT2D eigenvalue weighted by atomic mass is 35.5. The molecule has 1 aromatic carbocycles. The lowest BCUT2D eigenvalue weighted by atomic mass is 9.81. The van der Waals surface area contributed by atoms with E-state index in [1.54, 1.807) is 0 Å². The van der Waals surface area contributed by atoms with Crippen molar-refractivity contribution >= 4 is 17.5 Å². The fourth-order valence-electron chi connectivity index (χ4n) is 2.69. The summed E-state index contributed by atoms with van der Waals surface area (Å²) in [5, 5.41) is 7.20. The SMILES string of the molecule is CC(Cc1ccccc1Cl)NC(=O)C1(C)CCCNC1. The predicted molar refractivity (Wildman–Crippen MR) is 83.0 cm³/mol. The van der Waals surface area contributed by atoms with Crippen LogP contribution in [0.4, 0.5) is 0 Å². The van der Waals surface area contributed by atoms with Crippen molar-refractivity contribution < 1.29 is 4.79 Å². The summed E-state index contributed by atoms with van der Waals surface area (Å²) < 4.78 is 0. The Hall–Kier alpha value is -1.06. The second kappa shape index (κ2) is 6.59. The Morgan fingerprint density at radius 3 is 2.90 bits per heavy atom. The second-order valence-electron chi connectivity index (χ2n) is 6.01. The van der Waals surface area contributed by atoms with Gasteiger partial charge in [-0.25, -0.2) is 0 Å². The van der Waals surface area contributed by atoms with E-state index in [-0.39, 0.29) is 17.4 Å². The topological polar surface area (TPSA) is 41.1 Å². The molecule has 3 nitrogen and oxygen atoms in total. The van der Waals surface area contributed by atoms with E-state index in [9.17, 15) is 4.79 Å². The maximum absolute atomic E-state index is 12.4. The van der Waals surface area contributed by atoms with Gasteiger partial charge in [0.05, 0.1) is 5.41 Å². The Bertz CT molecular complexity index is 469. The van der Waals surface area contributed by atoms with Crippen LogP contribution in [0, 0.1) is 5.41 Å². The third kappa shape index (κ3) is 3.74. The first-order chi connectivity index (χ1) is 9.51. The fraction of sp³-hybridized carbons (Fsp3) is 0.562. The van der Waals surface area contributed by atoms with E-state index in [1.807, 2.05) is 38.1 Å². The molecule has 1 saturated heterocycles. The Kier molecular flexibility index (Phi) is 5.06. The number of benzene rings is 1. The minimum absolute atomic E-state index is 0.0844. The van der Waals surface area contributed by atoms with Crippen LogP contribution >= 0.6 is 11.6 Å². The zero-order valence-electron chi connectivity index (χ0n) is 12.2. The van der Waals surface area contributed by atoms with E-state index in [2.05, 4.69) is 10.6 Å². The lowest BCUT2D eigenvalue weighted by Crippen LogP contribution is -2.51. The summed E-state index contributed by atoms with van der Waals surface area (Å²) in [7, 11) is 0. The van der Waals surface area contributed by atoms with Gasteiger partial charge in [0.2, 0.25) is 5.91 Å². The number of rotatable bonds is 4. The van der Waals surface area contributed by atoms with Crippen LogP contribution in [-0.4, -0.2) is 25.0 Å². The third-order valence-corrected chi connectivity index (χ3v) is 4.38. The Morgan fingerprint density at radius 1 is 1.50 bits per heavy atom. The lowest BCUT2D eigenvalue weighted by molar-refractivity contribution is -0.131. The van der Waals surface area contributed by atoms with Crippen LogP contribution in [0.5, 0.6) is 0 Å². The number of carbonyl (C=O) groups excluding carboxylic acids is 1. The Morgan fingerprint density at radius 2 is 2.25 bits per heavy atom. The molecule has 0 bridgehead atoms. The first-order valence-corrected chi connectivity index (χ1v) is 7.64. The van der Waals surface area contributed by atoms with Crippen molar-refractivity contribution in [3.8, 4) is 0 Å². The molecule has 1 aromatic rings. The van der Waals surface area contributed by atoms with E-state index in [0.717, 1.165) is 42.9 Å². The summed E-state index contributed by atoms with van der Waals surface area (Å²) >= 11 is 6.16. The van der Waals surface area contributed by atoms with Gasteiger partial charge in [-0.15, -0.1) is 0 Å². The number of hydrogen-bond donors (Lipinski definition) is 2. The van der Waals surface area contributed by atoms with Crippen LogP contribution in [-0.2, 0) is 11.2 Å². The van der Waals surface area contributed by atoms with Gasteiger partial charge in [0.1, 0.15) is 0 Å². The van der Waals surface area contributed by atoms with Crippen LogP contribution in [0.1, 0.15) is 32.3 Å². The third-order valence-electron chi connectivity index (χ3n) is 4.01. The summed E-state index contributed by atoms with van der Waals surface area (Å²) in [4.78, 5) is 12.4. The minimum atomic E-state index is -0.285. The summed E-state index contributed by atoms with van der Waals surface area (Å²) in [6.07, 6.45) is 2.77. The molecule has 0 aromatic heterocycles.